The Bertz CT molecular complexity index is 427. The molecule has 0 unspecified atom stereocenters. The van der Waals surface area contributed by atoms with Gasteiger partial charge in [-0.2, -0.15) is 0 Å². The van der Waals surface area contributed by atoms with Gasteiger partial charge in [0.1, 0.15) is 11.4 Å². The molecule has 0 spiro atoms. The highest BCUT2D eigenvalue weighted by atomic mass is 16.5. The first kappa shape index (κ1) is 10.9. The Morgan fingerprint density at radius 2 is 1.61 bits per heavy atom. The van der Waals surface area contributed by atoms with Gasteiger partial charge in [0.2, 0.25) is 0 Å². The summed E-state index contributed by atoms with van der Waals surface area (Å²) in [6.07, 6.45) is 8.39. The lowest BCUT2D eigenvalue weighted by Crippen LogP contribution is -2.53. The van der Waals surface area contributed by atoms with Crippen molar-refractivity contribution >= 4 is 0 Å². The van der Waals surface area contributed by atoms with Gasteiger partial charge in [0.05, 0.1) is 0 Å². The van der Waals surface area contributed by atoms with E-state index in [1.54, 1.807) is 0 Å². The van der Waals surface area contributed by atoms with Crippen molar-refractivity contribution in [3.05, 3.63) is 29.8 Å². The molecule has 5 rings (SSSR count). The van der Waals surface area contributed by atoms with Gasteiger partial charge in [-0.05, 0) is 80.9 Å². The smallest absolute Gasteiger partial charge is 0.120 e. The molecular formula is C17H22O. The molecule has 1 heteroatoms. The summed E-state index contributed by atoms with van der Waals surface area (Å²) in [5, 5.41) is 0. The highest BCUT2D eigenvalue weighted by molar-refractivity contribution is 5.28. The average Bonchev–Trinajstić information content (AvgIpc) is 2.25. The second kappa shape index (κ2) is 3.76. The Labute approximate surface area is 110 Å². The summed E-state index contributed by atoms with van der Waals surface area (Å²) in [7, 11) is 0. The van der Waals surface area contributed by atoms with Crippen LogP contribution in [0.15, 0.2) is 24.3 Å². The van der Waals surface area contributed by atoms with E-state index in [9.17, 15) is 0 Å². The lowest BCUT2D eigenvalue weighted by atomic mass is 9.54. The fraction of sp³-hybridized carbons (Fsp3) is 0.647. The summed E-state index contributed by atoms with van der Waals surface area (Å²) in [6.45, 7) is 2.15. The summed E-state index contributed by atoms with van der Waals surface area (Å²) in [5.41, 5.74) is 1.50. The predicted octanol–water partition coefficient (Wildman–Crippen LogP) is 4.34. The molecule has 0 aromatic heterocycles. The summed E-state index contributed by atoms with van der Waals surface area (Å²) in [5.74, 6) is 3.97. The average molecular weight is 242 g/mol. The van der Waals surface area contributed by atoms with Crippen LogP contribution >= 0.6 is 0 Å². The minimum atomic E-state index is 0.197. The Hall–Kier alpha value is -0.980. The van der Waals surface area contributed by atoms with E-state index < -0.39 is 0 Å². The van der Waals surface area contributed by atoms with Crippen LogP contribution in [-0.2, 0) is 0 Å². The van der Waals surface area contributed by atoms with Gasteiger partial charge >= 0.3 is 0 Å². The van der Waals surface area contributed by atoms with E-state index in [2.05, 4.69) is 31.2 Å². The van der Waals surface area contributed by atoms with E-state index in [1.807, 2.05) is 0 Å². The Balaban J connectivity index is 1.60. The van der Waals surface area contributed by atoms with Crippen molar-refractivity contribution in [2.24, 2.45) is 17.8 Å². The molecule has 0 heterocycles. The molecule has 1 aromatic rings. The summed E-state index contributed by atoms with van der Waals surface area (Å²) < 4.78 is 6.50. The Morgan fingerprint density at radius 1 is 1.00 bits per heavy atom. The summed E-state index contributed by atoms with van der Waals surface area (Å²) >= 11 is 0. The van der Waals surface area contributed by atoms with Crippen LogP contribution in [0, 0.1) is 24.7 Å². The van der Waals surface area contributed by atoms with E-state index >= 15 is 0 Å². The molecule has 1 aromatic carbocycles. The van der Waals surface area contributed by atoms with Crippen molar-refractivity contribution in [3.8, 4) is 5.75 Å². The topological polar surface area (TPSA) is 9.23 Å². The fourth-order valence-electron chi connectivity index (χ4n) is 5.09. The van der Waals surface area contributed by atoms with Crippen molar-refractivity contribution in [2.75, 3.05) is 0 Å². The SMILES string of the molecule is Cc1cccc(OC23CC4CC(CC(C4)C2)C3)c1. The minimum absolute atomic E-state index is 0.197. The van der Waals surface area contributed by atoms with Crippen LogP contribution in [0.5, 0.6) is 5.75 Å². The third-order valence-electron chi connectivity index (χ3n) is 5.31. The Kier molecular flexibility index (Phi) is 2.27. The molecule has 0 radical (unpaired) electrons. The second-order valence-electron chi connectivity index (χ2n) is 7.02. The van der Waals surface area contributed by atoms with Crippen molar-refractivity contribution in [2.45, 2.75) is 51.0 Å². The van der Waals surface area contributed by atoms with E-state index in [1.165, 1.54) is 44.1 Å². The lowest BCUT2D eigenvalue weighted by Gasteiger charge is -2.56. The third-order valence-corrected chi connectivity index (χ3v) is 5.31. The summed E-state index contributed by atoms with van der Waals surface area (Å²) in [6, 6.07) is 8.59. The van der Waals surface area contributed by atoms with Crippen LogP contribution in [0.3, 0.4) is 0 Å². The normalized spacial score (nSPS) is 41.1. The number of benzene rings is 1. The third kappa shape index (κ3) is 1.75. The van der Waals surface area contributed by atoms with Gasteiger partial charge in [0, 0.05) is 0 Å². The predicted molar refractivity (Wildman–Crippen MR) is 72.7 cm³/mol. The molecule has 1 nitrogen and oxygen atoms in total. The monoisotopic (exact) mass is 242 g/mol. The number of hydrogen-bond acceptors (Lipinski definition) is 1. The lowest BCUT2D eigenvalue weighted by molar-refractivity contribution is -0.107. The molecule has 0 amide bonds. The zero-order valence-corrected chi connectivity index (χ0v) is 11.2. The first-order chi connectivity index (χ1) is 8.71. The minimum Gasteiger partial charge on any atom is -0.487 e. The number of ether oxygens (including phenoxy) is 1. The number of aryl methyl sites for hydroxylation is 1. The van der Waals surface area contributed by atoms with E-state index in [4.69, 9.17) is 4.74 Å². The first-order valence-electron chi connectivity index (χ1n) is 7.46. The zero-order chi connectivity index (χ0) is 12.2. The van der Waals surface area contributed by atoms with Crippen LogP contribution in [0.1, 0.15) is 44.1 Å². The molecule has 4 fully saturated rings. The molecule has 4 bridgehead atoms. The largest absolute Gasteiger partial charge is 0.487 e. The molecule has 96 valence electrons. The van der Waals surface area contributed by atoms with Crippen LogP contribution in [0.2, 0.25) is 0 Å². The Morgan fingerprint density at radius 3 is 2.17 bits per heavy atom. The first-order valence-corrected chi connectivity index (χ1v) is 7.46. The van der Waals surface area contributed by atoms with Crippen LogP contribution in [0.25, 0.3) is 0 Å². The van der Waals surface area contributed by atoms with Gasteiger partial charge in [0.15, 0.2) is 0 Å². The number of rotatable bonds is 2. The van der Waals surface area contributed by atoms with E-state index in [0.29, 0.717) is 0 Å². The molecule has 4 aliphatic carbocycles. The van der Waals surface area contributed by atoms with Gasteiger partial charge in [-0.1, -0.05) is 12.1 Å². The molecular weight excluding hydrogens is 220 g/mol. The molecule has 4 aliphatic rings. The van der Waals surface area contributed by atoms with Gasteiger partial charge in [-0.3, -0.25) is 0 Å². The second-order valence-corrected chi connectivity index (χ2v) is 7.02. The highest BCUT2D eigenvalue weighted by Crippen LogP contribution is 2.57. The molecule has 0 aliphatic heterocycles. The van der Waals surface area contributed by atoms with Crippen molar-refractivity contribution in [1.29, 1.82) is 0 Å². The fourth-order valence-corrected chi connectivity index (χ4v) is 5.09. The standard InChI is InChI=1S/C17H22O/c1-12-3-2-4-16(5-12)18-17-9-13-6-14(10-17)8-15(7-13)11-17/h2-5,13-15H,6-11H2,1H3. The van der Waals surface area contributed by atoms with Crippen molar-refractivity contribution in [1.82, 2.24) is 0 Å². The van der Waals surface area contributed by atoms with E-state index in [-0.39, 0.29) is 5.60 Å². The quantitative estimate of drug-likeness (QED) is 0.749. The molecule has 4 saturated carbocycles. The highest BCUT2D eigenvalue weighted by Gasteiger charge is 2.52. The van der Waals surface area contributed by atoms with Gasteiger partial charge in [-0.15, -0.1) is 0 Å². The maximum Gasteiger partial charge on any atom is 0.120 e. The van der Waals surface area contributed by atoms with Gasteiger partial charge < -0.3 is 4.74 Å². The molecule has 0 atom stereocenters. The molecule has 0 N–H and O–H groups in total. The van der Waals surface area contributed by atoms with Crippen molar-refractivity contribution < 1.29 is 4.74 Å². The van der Waals surface area contributed by atoms with Crippen LogP contribution in [-0.4, -0.2) is 5.60 Å². The zero-order valence-electron chi connectivity index (χ0n) is 11.2. The maximum atomic E-state index is 6.50. The molecule has 18 heavy (non-hydrogen) atoms. The van der Waals surface area contributed by atoms with Gasteiger partial charge in [0.25, 0.3) is 0 Å². The molecule has 0 saturated heterocycles. The van der Waals surface area contributed by atoms with E-state index in [0.717, 1.165) is 23.5 Å². The van der Waals surface area contributed by atoms with Crippen LogP contribution in [0.4, 0.5) is 0 Å². The van der Waals surface area contributed by atoms with Gasteiger partial charge in [-0.25, -0.2) is 0 Å². The summed E-state index contributed by atoms with van der Waals surface area (Å²) in [4.78, 5) is 0. The van der Waals surface area contributed by atoms with Crippen molar-refractivity contribution in [3.63, 3.8) is 0 Å². The maximum absolute atomic E-state index is 6.50. The van der Waals surface area contributed by atoms with Crippen LogP contribution < -0.4 is 4.74 Å². The number of hydrogen-bond donors (Lipinski definition) is 0.